The molecular formula is C51H49NO9SSi. The maximum Gasteiger partial charge on any atom is 0.338 e. The van der Waals surface area contributed by atoms with Gasteiger partial charge in [-0.3, -0.25) is 4.79 Å². The molecule has 1 saturated heterocycles. The van der Waals surface area contributed by atoms with E-state index in [0.29, 0.717) is 10.6 Å². The van der Waals surface area contributed by atoms with Crippen LogP contribution in [-0.2, 0) is 28.2 Å². The Bertz CT molecular complexity index is 2410. The Hall–Kier alpha value is -6.31. The third-order valence-electron chi connectivity index (χ3n) is 10.7. The van der Waals surface area contributed by atoms with Crippen LogP contribution in [0.1, 0.15) is 58.8 Å². The minimum Gasteiger partial charge on any atom is -0.452 e. The number of hydrogen-bond acceptors (Lipinski definition) is 10. The summed E-state index contributed by atoms with van der Waals surface area (Å²) in [5.74, 6) is -2.35. The lowest BCUT2D eigenvalue weighted by Gasteiger charge is -2.47. The summed E-state index contributed by atoms with van der Waals surface area (Å²) in [7, 11) is -3.23. The first-order chi connectivity index (χ1) is 30.4. The first-order valence-electron chi connectivity index (χ1n) is 20.7. The Balaban J connectivity index is 1.37. The number of thioether (sulfide) groups is 1. The normalized spacial score (nSPS) is 18.7. The van der Waals surface area contributed by atoms with E-state index in [1.807, 2.05) is 36.4 Å². The summed E-state index contributed by atoms with van der Waals surface area (Å²) in [6.45, 7) is 7.77. The second kappa shape index (κ2) is 20.3. The number of esters is 3. The average molecular weight is 880 g/mol. The van der Waals surface area contributed by atoms with Gasteiger partial charge in [0.1, 0.15) is 11.5 Å². The summed E-state index contributed by atoms with van der Waals surface area (Å²) in [5.41, 5.74) is 0.290. The van der Waals surface area contributed by atoms with E-state index in [-0.39, 0.29) is 29.2 Å². The van der Waals surface area contributed by atoms with Crippen LogP contribution in [0, 0.1) is 0 Å². The van der Waals surface area contributed by atoms with Gasteiger partial charge in [-0.2, -0.15) is 0 Å². The Labute approximate surface area is 373 Å². The fourth-order valence-corrected chi connectivity index (χ4v) is 13.4. The summed E-state index contributed by atoms with van der Waals surface area (Å²) in [5, 5.41) is 4.38. The number of benzene rings is 6. The van der Waals surface area contributed by atoms with Gasteiger partial charge in [0.05, 0.1) is 23.3 Å². The van der Waals surface area contributed by atoms with E-state index in [0.717, 1.165) is 10.4 Å². The third kappa shape index (κ3) is 10.7. The Kier molecular flexibility index (Phi) is 14.4. The molecule has 7 rings (SSSR count). The molecule has 0 aliphatic carbocycles. The van der Waals surface area contributed by atoms with Gasteiger partial charge in [0.15, 0.2) is 18.3 Å². The van der Waals surface area contributed by atoms with Gasteiger partial charge in [0.2, 0.25) is 5.91 Å². The van der Waals surface area contributed by atoms with Crippen LogP contribution in [0.2, 0.25) is 5.04 Å². The van der Waals surface area contributed by atoms with Crippen LogP contribution in [0.3, 0.4) is 0 Å². The molecule has 1 amide bonds. The predicted octanol–water partition coefficient (Wildman–Crippen LogP) is 8.72. The molecule has 10 nitrogen and oxygen atoms in total. The lowest BCUT2D eigenvalue weighted by molar-refractivity contribution is -0.206. The first kappa shape index (κ1) is 44.7. The maximum atomic E-state index is 14.2. The van der Waals surface area contributed by atoms with Crippen molar-refractivity contribution < 1.29 is 42.6 Å². The topological polar surface area (TPSA) is 126 Å². The highest BCUT2D eigenvalue weighted by molar-refractivity contribution is 7.99. The molecular weight excluding hydrogens is 831 g/mol. The molecule has 0 spiro atoms. The summed E-state index contributed by atoms with van der Waals surface area (Å²) >= 11 is 1.23. The number of carbonyl (C=O) groups is 4. The molecule has 1 N–H and O–H groups in total. The molecule has 12 heteroatoms. The van der Waals surface area contributed by atoms with Crippen LogP contribution in [0.25, 0.3) is 0 Å². The van der Waals surface area contributed by atoms with Crippen molar-refractivity contribution >= 4 is 60.0 Å². The number of nitrogens with one attached hydrogen (secondary N) is 1. The fourth-order valence-electron chi connectivity index (χ4n) is 7.73. The number of rotatable bonds is 14. The lowest BCUT2D eigenvalue weighted by atomic mass is 9.98. The van der Waals surface area contributed by atoms with Crippen molar-refractivity contribution in [3.05, 3.63) is 193 Å². The quantitative estimate of drug-likeness (QED) is 0.0645. The summed E-state index contributed by atoms with van der Waals surface area (Å²) < 4.78 is 33.7. The van der Waals surface area contributed by atoms with Crippen molar-refractivity contribution in [2.24, 2.45) is 0 Å². The van der Waals surface area contributed by atoms with Gasteiger partial charge in [-0.1, -0.05) is 148 Å². The van der Waals surface area contributed by atoms with Gasteiger partial charge < -0.3 is 28.7 Å². The van der Waals surface area contributed by atoms with Crippen LogP contribution in [-0.4, -0.2) is 68.6 Å². The van der Waals surface area contributed by atoms with Gasteiger partial charge in [-0.25, -0.2) is 14.4 Å². The molecule has 322 valence electrons. The van der Waals surface area contributed by atoms with E-state index in [1.165, 1.54) is 18.7 Å². The zero-order valence-electron chi connectivity index (χ0n) is 35.4. The van der Waals surface area contributed by atoms with Crippen molar-refractivity contribution in [2.75, 3.05) is 11.9 Å². The van der Waals surface area contributed by atoms with Gasteiger partial charge >= 0.3 is 17.9 Å². The number of amides is 1. The summed E-state index contributed by atoms with van der Waals surface area (Å²) in [4.78, 5) is 55.0. The Morgan fingerprint density at radius 2 is 0.952 bits per heavy atom. The average Bonchev–Trinajstić information content (AvgIpc) is 3.30. The zero-order valence-corrected chi connectivity index (χ0v) is 37.2. The lowest BCUT2D eigenvalue weighted by Crippen LogP contribution is -2.68. The van der Waals surface area contributed by atoms with E-state index < -0.39 is 61.1 Å². The van der Waals surface area contributed by atoms with Gasteiger partial charge in [-0.05, 0) is 76.1 Å². The zero-order chi connectivity index (χ0) is 44.4. The van der Waals surface area contributed by atoms with Crippen LogP contribution in [0.5, 0.6) is 0 Å². The summed E-state index contributed by atoms with van der Waals surface area (Å²) in [6, 6.07) is 52.7. The molecule has 1 aliphatic rings. The fraction of sp³-hybridized carbons (Fsp3) is 0.216. The highest BCUT2D eigenvalue weighted by Gasteiger charge is 2.56. The molecule has 0 bridgehead atoms. The predicted molar refractivity (Wildman–Crippen MR) is 246 cm³/mol. The largest absolute Gasteiger partial charge is 0.452 e. The molecule has 0 saturated carbocycles. The molecule has 0 aromatic heterocycles. The van der Waals surface area contributed by atoms with Crippen molar-refractivity contribution in [3.63, 3.8) is 0 Å². The number of carbonyl (C=O) groups excluding carboxylic acids is 4. The molecule has 5 atom stereocenters. The SMILES string of the molecule is CC(=O)Nc1ccc(S[C@@H]2O[C@H](CO[Si](c3ccccc3)(c3ccccc3)C(C)(C)C)[C@H](OC(=O)c3ccccc3)[C@H](OC(=O)c3ccccc3)[C@H]2OC(=O)c2ccccc2)cc1. The van der Waals surface area contributed by atoms with E-state index in [2.05, 4.69) is 50.4 Å². The van der Waals surface area contributed by atoms with Crippen molar-refractivity contribution in [2.45, 2.75) is 67.5 Å². The molecule has 1 aliphatic heterocycles. The molecule has 0 radical (unpaired) electrons. The van der Waals surface area contributed by atoms with Crippen LogP contribution < -0.4 is 15.7 Å². The second-order valence-corrected chi connectivity index (χ2v) is 21.5. The Morgan fingerprint density at radius 1 is 0.556 bits per heavy atom. The second-order valence-electron chi connectivity index (χ2n) is 16.0. The number of hydrogen-bond donors (Lipinski definition) is 1. The standard InChI is InChI=1S/C51H49NO9SSi/c1-35(53)52-39-30-32-40(33-31-39)62-50-46(61-49(56)38-24-14-7-15-25-38)45(60-48(55)37-22-12-6-13-23-37)44(59-47(54)36-20-10-5-11-21-36)43(58-50)34-57-63(51(2,3)4,41-26-16-8-17-27-41)42-28-18-9-19-29-42/h5-33,43-46,50H,34H2,1-4H3,(H,52,53)/t43-,44+,45+,46-,50+/m1/s1. The van der Waals surface area contributed by atoms with Crippen LogP contribution >= 0.6 is 11.8 Å². The molecule has 1 heterocycles. The smallest absolute Gasteiger partial charge is 0.338 e. The molecule has 0 unspecified atom stereocenters. The van der Waals surface area contributed by atoms with E-state index in [9.17, 15) is 19.2 Å². The van der Waals surface area contributed by atoms with Crippen molar-refractivity contribution in [1.29, 1.82) is 0 Å². The monoisotopic (exact) mass is 879 g/mol. The number of anilines is 1. The minimum absolute atomic E-state index is 0.114. The molecule has 63 heavy (non-hydrogen) atoms. The van der Waals surface area contributed by atoms with E-state index >= 15 is 0 Å². The Morgan fingerprint density at radius 3 is 1.37 bits per heavy atom. The third-order valence-corrected chi connectivity index (χ3v) is 16.8. The van der Waals surface area contributed by atoms with Crippen LogP contribution in [0.15, 0.2) is 181 Å². The van der Waals surface area contributed by atoms with Gasteiger partial charge in [0.25, 0.3) is 8.32 Å². The van der Waals surface area contributed by atoms with Crippen molar-refractivity contribution in [1.82, 2.24) is 0 Å². The highest BCUT2D eigenvalue weighted by Crippen LogP contribution is 2.41. The van der Waals surface area contributed by atoms with Crippen LogP contribution in [0.4, 0.5) is 5.69 Å². The minimum atomic E-state index is -3.23. The van der Waals surface area contributed by atoms with Gasteiger partial charge in [-0.15, -0.1) is 0 Å². The van der Waals surface area contributed by atoms with E-state index in [4.69, 9.17) is 23.4 Å². The molecule has 6 aromatic carbocycles. The van der Waals surface area contributed by atoms with Crippen molar-refractivity contribution in [3.8, 4) is 0 Å². The van der Waals surface area contributed by atoms with Gasteiger partial charge in [0, 0.05) is 17.5 Å². The maximum absolute atomic E-state index is 14.2. The molecule has 6 aromatic rings. The first-order valence-corrected chi connectivity index (χ1v) is 23.4. The molecule has 1 fully saturated rings. The van der Waals surface area contributed by atoms with E-state index in [1.54, 1.807) is 115 Å². The summed E-state index contributed by atoms with van der Waals surface area (Å²) in [6.07, 6.45) is -5.16. The highest BCUT2D eigenvalue weighted by atomic mass is 32.2. The number of ether oxygens (including phenoxy) is 4.